The molecule has 1 N–H and O–H groups in total. The van der Waals surface area contributed by atoms with Gasteiger partial charge in [-0.1, -0.05) is 42.5 Å². The van der Waals surface area contributed by atoms with Gasteiger partial charge >= 0.3 is 6.09 Å². The molecule has 4 rings (SSSR count). The highest BCUT2D eigenvalue weighted by Crippen LogP contribution is 2.33. The summed E-state index contributed by atoms with van der Waals surface area (Å²) in [6.45, 7) is 11.8. The first-order chi connectivity index (χ1) is 24.1. The number of rotatable bonds is 19. The van der Waals surface area contributed by atoms with Crippen LogP contribution in [0.25, 0.3) is 0 Å². The van der Waals surface area contributed by atoms with Crippen LogP contribution in [0, 0.1) is 0 Å². The summed E-state index contributed by atoms with van der Waals surface area (Å²) in [5.41, 5.74) is 3.39. The number of anilines is 1. The van der Waals surface area contributed by atoms with Crippen molar-refractivity contribution in [3.05, 3.63) is 89.5 Å². The lowest BCUT2D eigenvalue weighted by Gasteiger charge is -2.39. The average Bonchev–Trinajstić information content (AvgIpc) is 3.11. The topological polar surface area (TPSA) is 105 Å². The van der Waals surface area contributed by atoms with E-state index < -0.39 is 5.60 Å². The standard InChI is InChI=1S/C40H54N2O8/c1-6-46-24-20-34(43)26-41-33-13-9-11-30(25-33)28-49-38-27-42(39(44)50-40(2,3)4)21-19-36(38)31-15-17-35(18-16-31)48-23-10-22-47-29-32-12-7-8-14-37(32)45-5/h7-9,11-18,25,36,38,41H,6,10,19-24,26-29H2,1-5H3. The number of benzene rings is 3. The van der Waals surface area contributed by atoms with Gasteiger partial charge in [-0.2, -0.15) is 0 Å². The highest BCUT2D eigenvalue weighted by Gasteiger charge is 2.35. The number of ether oxygens (including phenoxy) is 6. The van der Waals surface area contributed by atoms with E-state index in [0.717, 1.165) is 46.7 Å². The number of methoxy groups -OCH3 is 1. The first-order valence-corrected chi connectivity index (χ1v) is 17.6. The van der Waals surface area contributed by atoms with E-state index in [1.165, 1.54) is 0 Å². The van der Waals surface area contributed by atoms with E-state index in [2.05, 4.69) is 17.4 Å². The molecule has 0 aliphatic carbocycles. The van der Waals surface area contributed by atoms with Crippen LogP contribution in [0.15, 0.2) is 72.8 Å². The molecule has 1 saturated heterocycles. The van der Waals surface area contributed by atoms with Crippen LogP contribution in [-0.2, 0) is 37.0 Å². The second kappa shape index (κ2) is 19.9. The SMILES string of the molecule is CCOCCC(=O)CNc1cccc(COC2CN(C(=O)OC(C)(C)C)CCC2c2ccc(OCCCOCc3ccccc3OC)cc2)c1. The van der Waals surface area contributed by atoms with Crippen LogP contribution < -0.4 is 14.8 Å². The van der Waals surface area contributed by atoms with Crippen LogP contribution >= 0.6 is 0 Å². The third-order valence-corrected chi connectivity index (χ3v) is 8.28. The summed E-state index contributed by atoms with van der Waals surface area (Å²) < 4.78 is 34.8. The van der Waals surface area contributed by atoms with Crippen molar-refractivity contribution >= 4 is 17.6 Å². The van der Waals surface area contributed by atoms with Gasteiger partial charge in [0.15, 0.2) is 5.78 Å². The summed E-state index contributed by atoms with van der Waals surface area (Å²) in [7, 11) is 1.66. The minimum atomic E-state index is -0.584. The van der Waals surface area contributed by atoms with E-state index in [9.17, 15) is 9.59 Å². The molecule has 0 saturated carbocycles. The summed E-state index contributed by atoms with van der Waals surface area (Å²) in [5, 5.41) is 3.22. The van der Waals surface area contributed by atoms with Gasteiger partial charge in [-0.3, -0.25) is 4.79 Å². The van der Waals surface area contributed by atoms with Crippen LogP contribution in [0.3, 0.4) is 0 Å². The molecular formula is C40H54N2O8. The molecular weight excluding hydrogens is 636 g/mol. The maximum absolute atomic E-state index is 13.0. The Kier molecular flexibility index (Phi) is 15.4. The largest absolute Gasteiger partial charge is 0.496 e. The van der Waals surface area contributed by atoms with E-state index in [1.54, 1.807) is 12.0 Å². The third-order valence-electron chi connectivity index (χ3n) is 8.28. The van der Waals surface area contributed by atoms with Crippen LogP contribution in [-0.4, -0.2) is 81.7 Å². The molecule has 1 heterocycles. The lowest BCUT2D eigenvalue weighted by atomic mass is 9.87. The molecule has 3 aromatic carbocycles. The molecule has 1 amide bonds. The lowest BCUT2D eigenvalue weighted by Crippen LogP contribution is -2.48. The molecule has 0 radical (unpaired) electrons. The Labute approximate surface area is 297 Å². The van der Waals surface area contributed by atoms with Crippen molar-refractivity contribution in [2.24, 2.45) is 0 Å². The Hall–Kier alpha value is -4.12. The van der Waals surface area contributed by atoms with Gasteiger partial charge in [-0.15, -0.1) is 0 Å². The predicted octanol–water partition coefficient (Wildman–Crippen LogP) is 7.40. The van der Waals surface area contributed by atoms with E-state index in [-0.39, 0.29) is 30.4 Å². The molecule has 0 spiro atoms. The number of hydrogen-bond donors (Lipinski definition) is 1. The van der Waals surface area contributed by atoms with Gasteiger partial charge in [0.05, 0.1) is 59.3 Å². The molecule has 2 atom stereocenters. The maximum Gasteiger partial charge on any atom is 0.410 e. The van der Waals surface area contributed by atoms with Crippen molar-refractivity contribution in [2.45, 2.75) is 77.8 Å². The monoisotopic (exact) mass is 690 g/mol. The zero-order chi connectivity index (χ0) is 35.8. The quantitative estimate of drug-likeness (QED) is 0.129. The first-order valence-electron chi connectivity index (χ1n) is 17.6. The molecule has 272 valence electrons. The number of carbonyl (C=O) groups excluding carboxylic acids is 2. The Balaban J connectivity index is 1.32. The summed E-state index contributed by atoms with van der Waals surface area (Å²) in [4.78, 5) is 27.0. The molecule has 50 heavy (non-hydrogen) atoms. The smallest absolute Gasteiger partial charge is 0.410 e. The Morgan fingerprint density at radius 3 is 2.48 bits per heavy atom. The average molecular weight is 691 g/mol. The number of piperidine rings is 1. The van der Waals surface area contributed by atoms with Gasteiger partial charge in [0.2, 0.25) is 0 Å². The fraction of sp³-hybridized carbons (Fsp3) is 0.500. The number of amides is 1. The highest BCUT2D eigenvalue weighted by atomic mass is 16.6. The zero-order valence-electron chi connectivity index (χ0n) is 30.3. The van der Waals surface area contributed by atoms with Crippen molar-refractivity contribution < 1.29 is 38.0 Å². The van der Waals surface area contributed by atoms with Crippen molar-refractivity contribution in [3.8, 4) is 11.5 Å². The lowest BCUT2D eigenvalue weighted by molar-refractivity contribution is -0.118. The fourth-order valence-electron chi connectivity index (χ4n) is 5.72. The Bertz CT molecular complexity index is 1470. The van der Waals surface area contributed by atoms with Gasteiger partial charge < -0.3 is 38.6 Å². The van der Waals surface area contributed by atoms with Crippen molar-refractivity contribution in [1.29, 1.82) is 0 Å². The Morgan fingerprint density at radius 1 is 0.920 bits per heavy atom. The minimum absolute atomic E-state index is 0.0791. The first kappa shape index (κ1) is 38.7. The van der Waals surface area contributed by atoms with Crippen LogP contribution in [0.5, 0.6) is 11.5 Å². The summed E-state index contributed by atoms with van der Waals surface area (Å²) >= 11 is 0. The third kappa shape index (κ3) is 13.0. The molecule has 0 aromatic heterocycles. The normalized spacial score (nSPS) is 16.1. The number of hydrogen-bond acceptors (Lipinski definition) is 9. The summed E-state index contributed by atoms with van der Waals surface area (Å²) in [6, 6.07) is 23.9. The number of carbonyl (C=O) groups is 2. The molecule has 2 unspecified atom stereocenters. The van der Waals surface area contributed by atoms with Gasteiger partial charge in [0, 0.05) is 43.2 Å². The maximum atomic E-state index is 13.0. The predicted molar refractivity (Wildman–Crippen MR) is 194 cm³/mol. The van der Waals surface area contributed by atoms with Crippen molar-refractivity contribution in [2.75, 3.05) is 58.5 Å². The molecule has 1 fully saturated rings. The minimum Gasteiger partial charge on any atom is -0.496 e. The molecule has 0 bridgehead atoms. The highest BCUT2D eigenvalue weighted by molar-refractivity contribution is 5.83. The fourth-order valence-corrected chi connectivity index (χ4v) is 5.72. The molecule has 1 aliphatic heterocycles. The second-order valence-electron chi connectivity index (χ2n) is 13.3. The van der Waals surface area contributed by atoms with Crippen LogP contribution in [0.2, 0.25) is 0 Å². The Morgan fingerprint density at radius 2 is 1.72 bits per heavy atom. The number of nitrogens with zero attached hydrogens (tertiary/aromatic N) is 1. The number of ketones is 1. The van der Waals surface area contributed by atoms with E-state index in [1.807, 2.05) is 88.4 Å². The van der Waals surface area contributed by atoms with Crippen LogP contribution in [0.4, 0.5) is 10.5 Å². The summed E-state index contributed by atoms with van der Waals surface area (Å²) in [6.07, 6.45) is 1.30. The van der Waals surface area contributed by atoms with Gasteiger partial charge in [0.25, 0.3) is 0 Å². The zero-order valence-corrected chi connectivity index (χ0v) is 30.3. The van der Waals surface area contributed by atoms with E-state index in [0.29, 0.717) is 59.2 Å². The molecule has 3 aromatic rings. The number of Topliss-reactive ketones (excluding diaryl/α,β-unsaturated/α-hetero) is 1. The number of para-hydroxylation sites is 1. The number of likely N-dealkylation sites (tertiary alicyclic amines) is 1. The molecule has 1 aliphatic rings. The molecule has 10 heteroatoms. The van der Waals surface area contributed by atoms with Gasteiger partial charge in [-0.05, 0) is 75.6 Å². The summed E-state index contributed by atoms with van der Waals surface area (Å²) in [5.74, 6) is 1.80. The van der Waals surface area contributed by atoms with Crippen molar-refractivity contribution in [1.82, 2.24) is 4.90 Å². The second-order valence-corrected chi connectivity index (χ2v) is 13.3. The molecule has 10 nitrogen and oxygen atoms in total. The number of nitrogens with one attached hydrogen (secondary N) is 1. The van der Waals surface area contributed by atoms with E-state index in [4.69, 9.17) is 28.4 Å². The van der Waals surface area contributed by atoms with Crippen molar-refractivity contribution in [3.63, 3.8) is 0 Å². The van der Waals surface area contributed by atoms with E-state index >= 15 is 0 Å². The van der Waals surface area contributed by atoms with Gasteiger partial charge in [0.1, 0.15) is 17.1 Å². The van der Waals surface area contributed by atoms with Gasteiger partial charge in [-0.25, -0.2) is 4.79 Å². The van der Waals surface area contributed by atoms with Crippen LogP contribution in [0.1, 0.15) is 69.6 Å².